The van der Waals surface area contributed by atoms with Gasteiger partial charge in [-0.3, -0.25) is 14.5 Å². The van der Waals surface area contributed by atoms with Crippen LogP contribution >= 0.6 is 0 Å². The Kier molecular flexibility index (Phi) is 4.93. The second-order valence-electron chi connectivity index (χ2n) is 4.92. The summed E-state index contributed by atoms with van der Waals surface area (Å²) in [7, 11) is 1.59. The van der Waals surface area contributed by atoms with Gasteiger partial charge in [-0.05, 0) is 37.1 Å². The molecule has 6 nitrogen and oxygen atoms in total. The molecule has 2 rings (SSSR count). The first-order valence-corrected chi connectivity index (χ1v) is 6.96. The number of methoxy groups -OCH3 is 1. The topological polar surface area (TPSA) is 79.2 Å². The molecule has 0 fully saturated rings. The highest BCUT2D eigenvalue weighted by atomic mass is 16.5. The molecule has 0 spiro atoms. The van der Waals surface area contributed by atoms with Crippen LogP contribution in [0.25, 0.3) is 6.08 Å². The Morgan fingerprint density at radius 3 is 2.64 bits per heavy atom. The van der Waals surface area contributed by atoms with Crippen molar-refractivity contribution in [2.75, 3.05) is 13.7 Å². The zero-order valence-corrected chi connectivity index (χ0v) is 12.6. The SMILES string of the molecule is COc1ccc(/C=C2/N=C(C)N(CCCC(=O)O)C2=O)cc1. The number of aliphatic carboxylic acids is 1. The van der Waals surface area contributed by atoms with E-state index in [2.05, 4.69) is 4.99 Å². The third-order valence-electron chi connectivity index (χ3n) is 3.33. The van der Waals surface area contributed by atoms with E-state index in [0.717, 1.165) is 11.3 Å². The maximum Gasteiger partial charge on any atom is 0.303 e. The molecule has 0 saturated heterocycles. The molecular formula is C16H18N2O4. The Bertz CT molecular complexity index is 632. The summed E-state index contributed by atoms with van der Waals surface area (Å²) in [6.07, 6.45) is 2.15. The van der Waals surface area contributed by atoms with Crippen LogP contribution in [-0.4, -0.2) is 41.4 Å². The summed E-state index contributed by atoms with van der Waals surface area (Å²) in [5, 5.41) is 8.65. The van der Waals surface area contributed by atoms with Crippen molar-refractivity contribution in [3.05, 3.63) is 35.5 Å². The molecule has 0 bridgehead atoms. The van der Waals surface area contributed by atoms with Gasteiger partial charge in [0.15, 0.2) is 0 Å². The Morgan fingerprint density at radius 2 is 2.05 bits per heavy atom. The van der Waals surface area contributed by atoms with Gasteiger partial charge >= 0.3 is 5.97 Å². The van der Waals surface area contributed by atoms with Gasteiger partial charge < -0.3 is 9.84 Å². The van der Waals surface area contributed by atoms with Crippen molar-refractivity contribution < 1.29 is 19.4 Å². The zero-order chi connectivity index (χ0) is 16.1. The van der Waals surface area contributed by atoms with E-state index < -0.39 is 5.97 Å². The first-order chi connectivity index (χ1) is 10.5. The Hall–Kier alpha value is -2.63. The molecular weight excluding hydrogens is 284 g/mol. The number of carbonyl (C=O) groups is 2. The maximum absolute atomic E-state index is 12.3. The molecule has 0 radical (unpaired) electrons. The minimum Gasteiger partial charge on any atom is -0.497 e. The second-order valence-corrected chi connectivity index (χ2v) is 4.92. The number of benzene rings is 1. The van der Waals surface area contributed by atoms with Gasteiger partial charge in [-0.25, -0.2) is 4.99 Å². The van der Waals surface area contributed by atoms with Crippen LogP contribution in [0.2, 0.25) is 0 Å². The third kappa shape index (κ3) is 3.72. The highest BCUT2D eigenvalue weighted by Gasteiger charge is 2.26. The lowest BCUT2D eigenvalue weighted by Crippen LogP contribution is -2.31. The van der Waals surface area contributed by atoms with Gasteiger partial charge in [-0.15, -0.1) is 0 Å². The predicted octanol–water partition coefficient (Wildman–Crippen LogP) is 2.16. The largest absolute Gasteiger partial charge is 0.497 e. The fraction of sp³-hybridized carbons (Fsp3) is 0.312. The van der Waals surface area contributed by atoms with Crippen molar-refractivity contribution in [2.45, 2.75) is 19.8 Å². The number of amidine groups is 1. The lowest BCUT2D eigenvalue weighted by atomic mass is 10.2. The average molecular weight is 302 g/mol. The first-order valence-electron chi connectivity index (χ1n) is 6.96. The fourth-order valence-corrected chi connectivity index (χ4v) is 2.17. The van der Waals surface area contributed by atoms with E-state index in [9.17, 15) is 9.59 Å². The van der Waals surface area contributed by atoms with Crippen LogP contribution in [0.4, 0.5) is 0 Å². The molecule has 1 aromatic carbocycles. The van der Waals surface area contributed by atoms with Gasteiger partial charge in [0.05, 0.1) is 7.11 Å². The molecule has 0 atom stereocenters. The zero-order valence-electron chi connectivity index (χ0n) is 12.6. The van der Waals surface area contributed by atoms with E-state index in [4.69, 9.17) is 9.84 Å². The summed E-state index contributed by atoms with van der Waals surface area (Å²) >= 11 is 0. The van der Waals surface area contributed by atoms with Gasteiger partial charge in [-0.1, -0.05) is 12.1 Å². The smallest absolute Gasteiger partial charge is 0.303 e. The van der Waals surface area contributed by atoms with Crippen molar-refractivity contribution in [2.24, 2.45) is 4.99 Å². The minimum absolute atomic E-state index is 0.0363. The number of aliphatic imine (C=N–C) groups is 1. The molecule has 1 N–H and O–H groups in total. The van der Waals surface area contributed by atoms with E-state index in [1.807, 2.05) is 24.3 Å². The van der Waals surface area contributed by atoms with Gasteiger partial charge in [0.2, 0.25) is 0 Å². The van der Waals surface area contributed by atoms with Gasteiger partial charge in [0.1, 0.15) is 17.3 Å². The Morgan fingerprint density at radius 1 is 1.36 bits per heavy atom. The summed E-state index contributed by atoms with van der Waals surface area (Å²) < 4.78 is 5.09. The van der Waals surface area contributed by atoms with Crippen molar-refractivity contribution in [3.63, 3.8) is 0 Å². The van der Waals surface area contributed by atoms with E-state index in [0.29, 0.717) is 24.5 Å². The lowest BCUT2D eigenvalue weighted by molar-refractivity contribution is -0.137. The van der Waals surface area contributed by atoms with Crippen LogP contribution in [0.3, 0.4) is 0 Å². The molecule has 1 aromatic rings. The van der Waals surface area contributed by atoms with Crippen molar-refractivity contribution in [1.82, 2.24) is 4.90 Å². The van der Waals surface area contributed by atoms with Crippen LogP contribution in [0.1, 0.15) is 25.3 Å². The van der Waals surface area contributed by atoms with Crippen LogP contribution in [0.5, 0.6) is 5.75 Å². The van der Waals surface area contributed by atoms with E-state index in [-0.39, 0.29) is 12.3 Å². The van der Waals surface area contributed by atoms with E-state index >= 15 is 0 Å². The number of hydrogen-bond donors (Lipinski definition) is 1. The van der Waals surface area contributed by atoms with Gasteiger partial charge in [0, 0.05) is 13.0 Å². The molecule has 0 saturated carbocycles. The van der Waals surface area contributed by atoms with Crippen molar-refractivity contribution >= 4 is 23.8 Å². The van der Waals surface area contributed by atoms with Crippen LogP contribution < -0.4 is 4.74 Å². The number of ether oxygens (including phenoxy) is 1. The number of hydrogen-bond acceptors (Lipinski definition) is 4. The summed E-state index contributed by atoms with van der Waals surface area (Å²) in [4.78, 5) is 28.6. The second kappa shape index (κ2) is 6.89. The maximum atomic E-state index is 12.3. The number of carboxylic acid groups (broad SMARTS) is 1. The number of carbonyl (C=O) groups excluding carboxylic acids is 1. The Balaban J connectivity index is 2.07. The van der Waals surface area contributed by atoms with Gasteiger partial charge in [0.25, 0.3) is 5.91 Å². The molecule has 1 aliphatic heterocycles. The normalized spacial score (nSPS) is 16.1. The molecule has 1 aliphatic rings. The van der Waals surface area contributed by atoms with Gasteiger partial charge in [-0.2, -0.15) is 0 Å². The van der Waals surface area contributed by atoms with Crippen LogP contribution in [-0.2, 0) is 9.59 Å². The summed E-state index contributed by atoms with van der Waals surface area (Å²) in [5.41, 5.74) is 1.21. The van der Waals surface area contributed by atoms with Crippen LogP contribution in [0.15, 0.2) is 35.0 Å². The van der Waals surface area contributed by atoms with Crippen molar-refractivity contribution in [1.29, 1.82) is 0 Å². The predicted molar refractivity (Wildman–Crippen MR) is 82.7 cm³/mol. The van der Waals surface area contributed by atoms with Crippen LogP contribution in [0, 0.1) is 0 Å². The Labute approximate surface area is 128 Å². The molecule has 1 heterocycles. The molecule has 0 unspecified atom stereocenters. The van der Waals surface area contributed by atoms with Crippen molar-refractivity contribution in [3.8, 4) is 5.75 Å². The number of carboxylic acids is 1. The molecule has 22 heavy (non-hydrogen) atoms. The summed E-state index contributed by atoms with van der Waals surface area (Å²) in [6, 6.07) is 7.31. The number of rotatable bonds is 6. The molecule has 6 heteroatoms. The first kappa shape index (κ1) is 15.8. The molecule has 1 amide bonds. The lowest BCUT2D eigenvalue weighted by Gasteiger charge is -2.14. The summed E-state index contributed by atoms with van der Waals surface area (Å²) in [5.74, 6) is 0.277. The van der Waals surface area contributed by atoms with E-state index in [1.165, 1.54) is 4.90 Å². The average Bonchev–Trinajstić information content (AvgIpc) is 2.75. The van der Waals surface area contributed by atoms with E-state index in [1.54, 1.807) is 20.1 Å². The minimum atomic E-state index is -0.866. The molecule has 116 valence electrons. The molecule has 0 aliphatic carbocycles. The highest BCUT2D eigenvalue weighted by Crippen LogP contribution is 2.20. The summed E-state index contributed by atoms with van der Waals surface area (Å²) in [6.45, 7) is 2.11. The number of amides is 1. The fourth-order valence-electron chi connectivity index (χ4n) is 2.17. The quantitative estimate of drug-likeness (QED) is 0.817. The highest BCUT2D eigenvalue weighted by molar-refractivity contribution is 6.13. The molecule has 0 aromatic heterocycles. The third-order valence-corrected chi connectivity index (χ3v) is 3.33. The monoisotopic (exact) mass is 302 g/mol. The standard InChI is InChI=1S/C16H18N2O4/c1-11-17-14(10-12-5-7-13(22-2)8-6-12)16(21)18(11)9-3-4-15(19)20/h5-8,10H,3-4,9H2,1-2H3,(H,19,20)/b14-10+. The number of nitrogens with zero attached hydrogens (tertiary/aromatic N) is 2.